The summed E-state index contributed by atoms with van der Waals surface area (Å²) in [5, 5.41) is 10.7. The van der Waals surface area contributed by atoms with Gasteiger partial charge in [-0.05, 0) is 39.4 Å². The van der Waals surface area contributed by atoms with Gasteiger partial charge in [-0.15, -0.1) is 0 Å². The van der Waals surface area contributed by atoms with Crippen LogP contribution in [0, 0.1) is 20.8 Å². The predicted molar refractivity (Wildman–Crippen MR) is 134 cm³/mol. The van der Waals surface area contributed by atoms with E-state index in [4.69, 9.17) is 14.5 Å². The molecule has 0 aliphatic carbocycles. The molecule has 3 aromatic rings. The van der Waals surface area contributed by atoms with E-state index in [1.165, 1.54) is 0 Å². The number of hydrogen-bond donors (Lipinski definition) is 2. The molecule has 1 saturated heterocycles. The van der Waals surface area contributed by atoms with Crippen LogP contribution >= 0.6 is 0 Å². The predicted octanol–water partition coefficient (Wildman–Crippen LogP) is 2.27. The van der Waals surface area contributed by atoms with Crippen LogP contribution < -0.4 is 15.5 Å². The number of benzene rings is 1. The molecule has 2 aromatic heterocycles. The average Bonchev–Trinajstić information content (AvgIpc) is 3.15. The molecule has 0 unspecified atom stereocenters. The lowest BCUT2D eigenvalue weighted by Gasteiger charge is -2.29. The summed E-state index contributed by atoms with van der Waals surface area (Å²) in [6, 6.07) is 8.19. The molecule has 0 saturated carbocycles. The van der Waals surface area contributed by atoms with Gasteiger partial charge in [0.25, 0.3) is 0 Å². The Hall–Kier alpha value is -2.82. The van der Waals surface area contributed by atoms with Gasteiger partial charge in [0.1, 0.15) is 11.6 Å². The van der Waals surface area contributed by atoms with E-state index in [0.717, 1.165) is 59.1 Å². The van der Waals surface area contributed by atoms with Gasteiger partial charge in [0, 0.05) is 43.9 Å². The molecule has 1 aromatic carbocycles. The van der Waals surface area contributed by atoms with E-state index < -0.39 is 9.84 Å². The van der Waals surface area contributed by atoms with Crippen molar-refractivity contribution in [1.82, 2.24) is 25.8 Å². The second-order valence-corrected chi connectivity index (χ2v) is 11.0. The molecule has 0 spiro atoms. The van der Waals surface area contributed by atoms with Gasteiger partial charge in [0.2, 0.25) is 0 Å². The molecule has 1 aliphatic rings. The SMILES string of the molecule is CNCCNCc1cccc(-c2nc(-c3c(C)noc3C)c(C)c(N3CCS(=O)(=O)CC3)n2)c1. The van der Waals surface area contributed by atoms with E-state index >= 15 is 0 Å². The first-order valence-electron chi connectivity index (χ1n) is 11.5. The lowest BCUT2D eigenvalue weighted by atomic mass is 10.0. The fraction of sp³-hybridized carbons (Fsp3) is 0.458. The number of rotatable bonds is 8. The Kier molecular flexibility index (Phi) is 7.30. The van der Waals surface area contributed by atoms with Crippen LogP contribution in [0.1, 0.15) is 22.6 Å². The monoisotopic (exact) mass is 484 g/mol. The third-order valence-electron chi connectivity index (χ3n) is 6.10. The zero-order valence-electron chi connectivity index (χ0n) is 20.2. The second-order valence-electron chi connectivity index (χ2n) is 8.66. The molecule has 3 heterocycles. The van der Waals surface area contributed by atoms with Crippen molar-refractivity contribution in [2.75, 3.05) is 49.6 Å². The molecule has 0 bridgehead atoms. The molecule has 1 aliphatic heterocycles. The topological polar surface area (TPSA) is 113 Å². The minimum atomic E-state index is -3.01. The third-order valence-corrected chi connectivity index (χ3v) is 7.71. The summed E-state index contributed by atoms with van der Waals surface area (Å²) in [5.41, 5.74) is 5.33. The first-order valence-corrected chi connectivity index (χ1v) is 13.3. The van der Waals surface area contributed by atoms with Crippen molar-refractivity contribution in [1.29, 1.82) is 0 Å². The van der Waals surface area contributed by atoms with Gasteiger partial charge in [-0.2, -0.15) is 0 Å². The standard InChI is InChI=1S/C24H32N6O3S/c1-16-22(21-17(2)29-33-18(21)3)27-23(28-24(16)30-10-12-34(31,32)13-11-30)20-7-5-6-19(14-20)15-26-9-8-25-4/h5-7,14,25-26H,8-13,15H2,1-4H3. The summed E-state index contributed by atoms with van der Waals surface area (Å²) < 4.78 is 29.5. The van der Waals surface area contributed by atoms with Crippen molar-refractivity contribution in [2.45, 2.75) is 27.3 Å². The van der Waals surface area contributed by atoms with Crippen LogP contribution in [-0.2, 0) is 16.4 Å². The van der Waals surface area contributed by atoms with E-state index in [9.17, 15) is 8.42 Å². The van der Waals surface area contributed by atoms with Crippen LogP contribution in [0.2, 0.25) is 0 Å². The number of anilines is 1. The molecule has 4 rings (SSSR count). The van der Waals surface area contributed by atoms with Gasteiger partial charge >= 0.3 is 0 Å². The molecule has 0 radical (unpaired) electrons. The highest BCUT2D eigenvalue weighted by molar-refractivity contribution is 7.91. The first-order chi connectivity index (χ1) is 16.3. The molecule has 34 heavy (non-hydrogen) atoms. The third kappa shape index (κ3) is 5.29. The second kappa shape index (κ2) is 10.2. The first kappa shape index (κ1) is 24.3. The van der Waals surface area contributed by atoms with Crippen molar-refractivity contribution >= 4 is 15.7 Å². The van der Waals surface area contributed by atoms with Crippen molar-refractivity contribution in [3.63, 3.8) is 0 Å². The molecule has 0 atom stereocenters. The van der Waals surface area contributed by atoms with Crippen molar-refractivity contribution < 1.29 is 12.9 Å². The Balaban J connectivity index is 1.77. The molecule has 2 N–H and O–H groups in total. The van der Waals surface area contributed by atoms with Crippen LogP contribution in [0.5, 0.6) is 0 Å². The zero-order chi connectivity index (χ0) is 24.3. The Labute approximate surface area is 200 Å². The fourth-order valence-corrected chi connectivity index (χ4v) is 5.40. The number of nitrogens with zero attached hydrogens (tertiary/aromatic N) is 4. The van der Waals surface area contributed by atoms with Crippen LogP contribution in [0.15, 0.2) is 28.8 Å². The summed E-state index contributed by atoms with van der Waals surface area (Å²) >= 11 is 0. The maximum atomic E-state index is 12.0. The van der Waals surface area contributed by atoms with E-state index in [0.29, 0.717) is 24.7 Å². The molecule has 0 amide bonds. The number of likely N-dealkylation sites (N-methyl/N-ethyl adjacent to an activating group) is 1. The Morgan fingerprint density at radius 2 is 1.85 bits per heavy atom. The quantitative estimate of drug-likeness (QED) is 0.465. The number of nitrogens with one attached hydrogen (secondary N) is 2. The van der Waals surface area contributed by atoms with Crippen molar-refractivity contribution in [3.8, 4) is 22.6 Å². The summed E-state index contributed by atoms with van der Waals surface area (Å²) in [4.78, 5) is 11.9. The number of aryl methyl sites for hydroxylation is 2. The van der Waals surface area contributed by atoms with Crippen molar-refractivity contribution in [3.05, 3.63) is 46.8 Å². The Bertz CT molecular complexity index is 1240. The van der Waals surface area contributed by atoms with E-state index in [2.05, 4.69) is 27.9 Å². The van der Waals surface area contributed by atoms with E-state index in [1.807, 2.05) is 44.9 Å². The van der Waals surface area contributed by atoms with Crippen LogP contribution in [-0.4, -0.2) is 68.3 Å². The highest BCUT2D eigenvalue weighted by Crippen LogP contribution is 2.34. The smallest absolute Gasteiger partial charge is 0.162 e. The molecule has 1 fully saturated rings. The molecular weight excluding hydrogens is 452 g/mol. The highest BCUT2D eigenvalue weighted by Gasteiger charge is 2.27. The highest BCUT2D eigenvalue weighted by atomic mass is 32.2. The van der Waals surface area contributed by atoms with Gasteiger partial charge in [-0.1, -0.05) is 23.4 Å². The van der Waals surface area contributed by atoms with E-state index in [1.54, 1.807) is 0 Å². The Morgan fingerprint density at radius 1 is 1.09 bits per heavy atom. The largest absolute Gasteiger partial charge is 0.361 e. The minimum absolute atomic E-state index is 0.125. The van der Waals surface area contributed by atoms with Crippen LogP contribution in [0.3, 0.4) is 0 Å². The average molecular weight is 485 g/mol. The number of sulfone groups is 1. The van der Waals surface area contributed by atoms with Gasteiger partial charge in [-0.3, -0.25) is 0 Å². The van der Waals surface area contributed by atoms with Crippen LogP contribution in [0.25, 0.3) is 22.6 Å². The molecular formula is C24H32N6O3S. The minimum Gasteiger partial charge on any atom is -0.361 e. The van der Waals surface area contributed by atoms with Gasteiger partial charge in [-0.25, -0.2) is 18.4 Å². The number of hydrogen-bond acceptors (Lipinski definition) is 9. The fourth-order valence-electron chi connectivity index (χ4n) is 4.20. The normalized spacial score (nSPS) is 15.6. The molecule has 182 valence electrons. The van der Waals surface area contributed by atoms with Gasteiger partial charge in [0.05, 0.1) is 28.5 Å². The van der Waals surface area contributed by atoms with Crippen molar-refractivity contribution in [2.24, 2.45) is 0 Å². The summed E-state index contributed by atoms with van der Waals surface area (Å²) in [6.45, 7) is 9.10. The lowest BCUT2D eigenvalue weighted by Crippen LogP contribution is -2.41. The maximum Gasteiger partial charge on any atom is 0.162 e. The Morgan fingerprint density at radius 3 is 2.53 bits per heavy atom. The summed E-state index contributed by atoms with van der Waals surface area (Å²) in [6.07, 6.45) is 0. The summed E-state index contributed by atoms with van der Waals surface area (Å²) in [5.74, 6) is 2.30. The maximum absolute atomic E-state index is 12.0. The lowest BCUT2D eigenvalue weighted by molar-refractivity contribution is 0.393. The summed E-state index contributed by atoms with van der Waals surface area (Å²) in [7, 11) is -1.07. The zero-order valence-corrected chi connectivity index (χ0v) is 21.0. The molecule has 10 heteroatoms. The number of aromatic nitrogens is 3. The van der Waals surface area contributed by atoms with Gasteiger partial charge in [0.15, 0.2) is 15.7 Å². The molecule has 9 nitrogen and oxygen atoms in total. The van der Waals surface area contributed by atoms with E-state index in [-0.39, 0.29) is 11.5 Å². The van der Waals surface area contributed by atoms with Gasteiger partial charge < -0.3 is 20.1 Å². The van der Waals surface area contributed by atoms with Crippen LogP contribution in [0.4, 0.5) is 5.82 Å².